The monoisotopic (exact) mass is 421 g/mol. The molecule has 0 spiro atoms. The van der Waals surface area contributed by atoms with E-state index in [9.17, 15) is 25.0 Å². The molecule has 1 aromatic heterocycles. The molecule has 1 N–H and O–H groups in total. The van der Waals surface area contributed by atoms with E-state index < -0.39 is 15.8 Å². The molecule has 1 heterocycles. The normalized spacial score (nSPS) is 10.9. The van der Waals surface area contributed by atoms with E-state index in [0.29, 0.717) is 11.3 Å². The molecule has 10 nitrogen and oxygen atoms in total. The van der Waals surface area contributed by atoms with Gasteiger partial charge in [0.05, 0.1) is 28.2 Å². The van der Waals surface area contributed by atoms with Gasteiger partial charge in [0, 0.05) is 40.7 Å². The summed E-state index contributed by atoms with van der Waals surface area (Å²) in [7, 11) is 0. The van der Waals surface area contributed by atoms with Crippen LogP contribution in [0, 0.1) is 34.1 Å². The summed E-state index contributed by atoms with van der Waals surface area (Å²) in [6.45, 7) is 3.69. The zero-order chi connectivity index (χ0) is 22.5. The summed E-state index contributed by atoms with van der Waals surface area (Å²) >= 11 is 0. The smallest absolute Gasteiger partial charge is 0.273 e. The van der Waals surface area contributed by atoms with Crippen molar-refractivity contribution in [2.75, 3.05) is 0 Å². The number of carbonyl (C=O) groups is 1. The van der Waals surface area contributed by atoms with Crippen LogP contribution in [0.2, 0.25) is 0 Å². The van der Waals surface area contributed by atoms with E-state index in [1.54, 1.807) is 18.2 Å². The first-order chi connectivity index (χ1) is 14.8. The van der Waals surface area contributed by atoms with Crippen molar-refractivity contribution in [3.05, 3.63) is 97.3 Å². The Morgan fingerprint density at radius 3 is 2.52 bits per heavy atom. The van der Waals surface area contributed by atoms with Crippen molar-refractivity contribution in [2.24, 2.45) is 5.10 Å². The van der Waals surface area contributed by atoms with Gasteiger partial charge in [-0.1, -0.05) is 24.3 Å². The number of amides is 1. The minimum Gasteiger partial charge on any atom is -0.318 e. The van der Waals surface area contributed by atoms with E-state index in [4.69, 9.17) is 0 Å². The zero-order valence-electron chi connectivity index (χ0n) is 16.8. The number of hydrogen-bond donors (Lipinski definition) is 1. The third-order valence-electron chi connectivity index (χ3n) is 4.70. The maximum atomic E-state index is 12.1. The number of non-ortho nitro benzene ring substituents is 1. The van der Waals surface area contributed by atoms with Crippen LogP contribution >= 0.6 is 0 Å². The predicted octanol–water partition coefficient (Wildman–Crippen LogP) is 3.60. The molecule has 1 amide bonds. The number of nitrogens with zero attached hydrogens (tertiary/aromatic N) is 4. The number of carbonyl (C=O) groups excluding carboxylic acids is 1. The number of para-hydroxylation sites is 1. The number of benzene rings is 2. The number of nitro groups is 2. The number of aromatic nitrogens is 1. The minimum absolute atomic E-state index is 0.0116. The third-order valence-corrected chi connectivity index (χ3v) is 4.70. The standard InChI is InChI=1S/C21H19N5O5/c1-14-10-17(15(2)24(14)18-7-5-8-19(12-18)25(28)29)13-22-23-21(27)11-16-6-3-4-9-20(16)26(30)31/h3-10,12-13H,11H2,1-2H3,(H,23,27). The molecule has 0 saturated carbocycles. The van der Waals surface area contributed by atoms with E-state index in [1.807, 2.05) is 24.5 Å². The molecule has 3 aromatic rings. The van der Waals surface area contributed by atoms with Crippen LogP contribution in [0.3, 0.4) is 0 Å². The van der Waals surface area contributed by atoms with Crippen molar-refractivity contribution < 1.29 is 14.6 Å². The number of hydrogen-bond acceptors (Lipinski definition) is 6. The third kappa shape index (κ3) is 4.81. The van der Waals surface area contributed by atoms with Crippen molar-refractivity contribution in [1.29, 1.82) is 0 Å². The topological polar surface area (TPSA) is 133 Å². The Bertz CT molecular complexity index is 1200. The van der Waals surface area contributed by atoms with Crippen molar-refractivity contribution in [1.82, 2.24) is 9.99 Å². The molecule has 0 aliphatic rings. The molecular weight excluding hydrogens is 402 g/mol. The predicted molar refractivity (Wildman–Crippen MR) is 114 cm³/mol. The lowest BCUT2D eigenvalue weighted by atomic mass is 10.1. The summed E-state index contributed by atoms with van der Waals surface area (Å²) in [5.41, 5.74) is 5.52. The van der Waals surface area contributed by atoms with E-state index >= 15 is 0 Å². The van der Waals surface area contributed by atoms with Gasteiger partial charge in [-0.25, -0.2) is 5.43 Å². The molecule has 0 aliphatic heterocycles. The first-order valence-corrected chi connectivity index (χ1v) is 9.26. The van der Waals surface area contributed by atoms with Crippen LogP contribution in [-0.2, 0) is 11.2 Å². The number of hydrazone groups is 1. The largest absolute Gasteiger partial charge is 0.318 e. The van der Waals surface area contributed by atoms with E-state index in [0.717, 1.165) is 17.0 Å². The lowest BCUT2D eigenvalue weighted by molar-refractivity contribution is -0.385. The molecule has 0 unspecified atom stereocenters. The summed E-state index contributed by atoms with van der Waals surface area (Å²) in [4.78, 5) is 33.3. The lowest BCUT2D eigenvalue weighted by Crippen LogP contribution is -2.20. The van der Waals surface area contributed by atoms with Crippen LogP contribution in [0.4, 0.5) is 11.4 Å². The Morgan fingerprint density at radius 1 is 1.06 bits per heavy atom. The molecule has 0 bridgehead atoms. The van der Waals surface area contributed by atoms with Gasteiger partial charge in [0.15, 0.2) is 0 Å². The Morgan fingerprint density at radius 2 is 1.81 bits per heavy atom. The number of nitrogens with one attached hydrogen (secondary N) is 1. The van der Waals surface area contributed by atoms with Gasteiger partial charge in [0.2, 0.25) is 5.91 Å². The highest BCUT2D eigenvalue weighted by molar-refractivity contribution is 5.85. The summed E-state index contributed by atoms with van der Waals surface area (Å²) in [5.74, 6) is -0.488. The molecule has 31 heavy (non-hydrogen) atoms. The van der Waals surface area contributed by atoms with Crippen molar-refractivity contribution in [3.8, 4) is 5.69 Å². The SMILES string of the molecule is Cc1cc(C=NNC(=O)Cc2ccccc2[N+](=O)[O-])c(C)n1-c1cccc([N+](=O)[O-])c1. The quantitative estimate of drug-likeness (QED) is 0.353. The highest BCUT2D eigenvalue weighted by Crippen LogP contribution is 2.23. The molecule has 3 rings (SSSR count). The second kappa shape index (κ2) is 8.99. The fourth-order valence-corrected chi connectivity index (χ4v) is 3.29. The fraction of sp³-hybridized carbons (Fsp3) is 0.143. The molecule has 0 saturated heterocycles. The van der Waals surface area contributed by atoms with E-state index in [-0.39, 0.29) is 17.8 Å². The van der Waals surface area contributed by atoms with Crippen molar-refractivity contribution >= 4 is 23.5 Å². The van der Waals surface area contributed by atoms with E-state index in [2.05, 4.69) is 10.5 Å². The van der Waals surface area contributed by atoms with Gasteiger partial charge in [0.1, 0.15) is 0 Å². The second-order valence-electron chi connectivity index (χ2n) is 6.79. The van der Waals surface area contributed by atoms with Crippen LogP contribution in [0.1, 0.15) is 22.5 Å². The van der Waals surface area contributed by atoms with Gasteiger partial charge in [-0.05, 0) is 26.0 Å². The van der Waals surface area contributed by atoms with Crippen LogP contribution < -0.4 is 5.43 Å². The molecule has 10 heteroatoms. The Balaban J connectivity index is 1.75. The van der Waals surface area contributed by atoms with Crippen LogP contribution in [0.25, 0.3) is 5.69 Å². The van der Waals surface area contributed by atoms with Crippen LogP contribution in [0.15, 0.2) is 59.7 Å². The molecule has 0 radical (unpaired) electrons. The first-order valence-electron chi connectivity index (χ1n) is 9.26. The molecular formula is C21H19N5O5. The average Bonchev–Trinajstić information content (AvgIpc) is 3.01. The average molecular weight is 421 g/mol. The van der Waals surface area contributed by atoms with Gasteiger partial charge in [-0.3, -0.25) is 25.0 Å². The van der Waals surface area contributed by atoms with Gasteiger partial charge in [-0.15, -0.1) is 0 Å². The summed E-state index contributed by atoms with van der Waals surface area (Å²) in [5, 5.41) is 26.1. The number of nitro benzene ring substituents is 2. The minimum atomic E-state index is -0.533. The molecule has 2 aromatic carbocycles. The fourth-order valence-electron chi connectivity index (χ4n) is 3.29. The van der Waals surface area contributed by atoms with Gasteiger partial charge in [-0.2, -0.15) is 5.10 Å². The lowest BCUT2D eigenvalue weighted by Gasteiger charge is -2.09. The highest BCUT2D eigenvalue weighted by atomic mass is 16.6. The highest BCUT2D eigenvalue weighted by Gasteiger charge is 2.16. The van der Waals surface area contributed by atoms with Crippen molar-refractivity contribution in [2.45, 2.75) is 20.3 Å². The van der Waals surface area contributed by atoms with Crippen LogP contribution in [0.5, 0.6) is 0 Å². The van der Waals surface area contributed by atoms with Gasteiger partial charge < -0.3 is 4.57 Å². The maximum absolute atomic E-state index is 12.1. The number of rotatable bonds is 7. The molecule has 0 atom stereocenters. The Labute approximate surface area is 177 Å². The summed E-state index contributed by atoms with van der Waals surface area (Å²) in [6, 6.07) is 14.2. The molecule has 158 valence electrons. The van der Waals surface area contributed by atoms with Gasteiger partial charge in [0.25, 0.3) is 11.4 Å². The van der Waals surface area contributed by atoms with E-state index in [1.165, 1.54) is 36.5 Å². The van der Waals surface area contributed by atoms with Crippen molar-refractivity contribution in [3.63, 3.8) is 0 Å². The molecule has 0 aliphatic carbocycles. The maximum Gasteiger partial charge on any atom is 0.273 e. The summed E-state index contributed by atoms with van der Waals surface area (Å²) < 4.78 is 1.85. The Kier molecular flexibility index (Phi) is 6.20. The summed E-state index contributed by atoms with van der Waals surface area (Å²) in [6.07, 6.45) is 1.29. The Hall–Kier alpha value is -4.34. The second-order valence-corrected chi connectivity index (χ2v) is 6.79. The zero-order valence-corrected chi connectivity index (χ0v) is 16.8. The van der Waals surface area contributed by atoms with Gasteiger partial charge >= 0.3 is 0 Å². The number of aryl methyl sites for hydroxylation is 1. The van der Waals surface area contributed by atoms with Crippen LogP contribution in [-0.4, -0.2) is 26.5 Å². The molecule has 0 fully saturated rings. The first kappa shape index (κ1) is 21.4.